The molecule has 0 radical (unpaired) electrons. The molecule has 166 valence electrons. The van der Waals surface area contributed by atoms with Gasteiger partial charge in [-0.05, 0) is 58.7 Å². The molecule has 0 saturated carbocycles. The fourth-order valence-corrected chi connectivity index (χ4v) is 4.10. The number of carbonyl (C=O) groups is 1. The van der Waals surface area contributed by atoms with Crippen molar-refractivity contribution in [1.29, 1.82) is 0 Å². The van der Waals surface area contributed by atoms with Crippen LogP contribution in [0.15, 0.2) is 127 Å². The first kappa shape index (κ1) is 21.4. The summed E-state index contributed by atoms with van der Waals surface area (Å²) in [4.78, 5) is 13.2. The van der Waals surface area contributed by atoms with Gasteiger partial charge in [-0.15, -0.1) is 0 Å². The van der Waals surface area contributed by atoms with Gasteiger partial charge in [0, 0.05) is 5.56 Å². The topological polar surface area (TPSA) is 32.3 Å². The number of allylic oxidation sites excluding steroid dienone is 2. The van der Waals surface area contributed by atoms with Crippen LogP contribution in [0.2, 0.25) is 0 Å². The molecule has 1 N–H and O–H groups in total. The van der Waals surface area contributed by atoms with Crippen LogP contribution in [0.1, 0.15) is 33.1 Å². The minimum atomic E-state index is -0.378. The standard InChI is InChI=1S/C30H23FN2O/c31-27-18-16-25(17-19-27)30(34)32-33-28(23-12-6-2-7-13-23)20-26(22-10-4-1-5-11-22)21-29(33)24-14-8-3-9-15-24/h1-21,28H,(H,32,34). The minimum absolute atomic E-state index is 0.249. The second-order valence-electron chi connectivity index (χ2n) is 8.06. The second kappa shape index (κ2) is 9.59. The zero-order valence-electron chi connectivity index (χ0n) is 18.4. The molecule has 1 heterocycles. The van der Waals surface area contributed by atoms with Gasteiger partial charge >= 0.3 is 0 Å². The third kappa shape index (κ3) is 4.52. The van der Waals surface area contributed by atoms with Gasteiger partial charge in [0.15, 0.2) is 0 Å². The molecule has 0 spiro atoms. The van der Waals surface area contributed by atoms with E-state index in [4.69, 9.17) is 0 Å². The fraction of sp³-hybridized carbons (Fsp3) is 0.0333. The van der Waals surface area contributed by atoms with E-state index in [-0.39, 0.29) is 17.8 Å². The van der Waals surface area contributed by atoms with Gasteiger partial charge < -0.3 is 0 Å². The molecule has 1 aliphatic rings. The molecule has 1 atom stereocenters. The van der Waals surface area contributed by atoms with Crippen LogP contribution in [0.4, 0.5) is 4.39 Å². The van der Waals surface area contributed by atoms with Crippen LogP contribution in [0, 0.1) is 5.82 Å². The molecule has 4 aromatic carbocycles. The Balaban J connectivity index is 1.62. The molecular formula is C30H23FN2O. The molecule has 5 rings (SSSR count). The van der Waals surface area contributed by atoms with Crippen molar-refractivity contribution in [2.24, 2.45) is 0 Å². The Morgan fingerprint density at radius 3 is 1.88 bits per heavy atom. The lowest BCUT2D eigenvalue weighted by Gasteiger charge is -2.37. The first-order valence-corrected chi connectivity index (χ1v) is 11.1. The van der Waals surface area contributed by atoms with Crippen LogP contribution in [0.3, 0.4) is 0 Å². The Hall–Kier alpha value is -4.44. The highest BCUT2D eigenvalue weighted by molar-refractivity contribution is 5.95. The SMILES string of the molecule is O=C(NN1C(c2ccccc2)=CC(c2ccccc2)=CC1c1ccccc1)c1ccc(F)cc1. The predicted octanol–water partition coefficient (Wildman–Crippen LogP) is 6.65. The number of hydrogen-bond donors (Lipinski definition) is 1. The van der Waals surface area contributed by atoms with E-state index in [9.17, 15) is 9.18 Å². The third-order valence-corrected chi connectivity index (χ3v) is 5.81. The number of rotatable bonds is 5. The molecule has 0 aliphatic carbocycles. The van der Waals surface area contributed by atoms with Crippen LogP contribution in [0.5, 0.6) is 0 Å². The molecule has 1 unspecified atom stereocenters. The average molecular weight is 447 g/mol. The van der Waals surface area contributed by atoms with Crippen molar-refractivity contribution in [1.82, 2.24) is 10.4 Å². The Bertz CT molecular complexity index is 1330. The van der Waals surface area contributed by atoms with Gasteiger partial charge in [0.05, 0.1) is 11.7 Å². The average Bonchev–Trinajstić information content (AvgIpc) is 2.90. The zero-order valence-corrected chi connectivity index (χ0v) is 18.4. The molecule has 1 aliphatic heterocycles. The van der Waals surface area contributed by atoms with Gasteiger partial charge in [0.1, 0.15) is 5.82 Å². The van der Waals surface area contributed by atoms with E-state index in [0.29, 0.717) is 5.56 Å². The number of nitrogens with one attached hydrogen (secondary N) is 1. The van der Waals surface area contributed by atoms with Crippen LogP contribution < -0.4 is 5.43 Å². The van der Waals surface area contributed by atoms with Crippen molar-refractivity contribution in [3.05, 3.63) is 155 Å². The Morgan fingerprint density at radius 1 is 0.706 bits per heavy atom. The van der Waals surface area contributed by atoms with Gasteiger partial charge in [-0.2, -0.15) is 0 Å². The Labute approximate surface area is 198 Å². The van der Waals surface area contributed by atoms with Crippen LogP contribution in [0.25, 0.3) is 11.3 Å². The van der Waals surface area contributed by atoms with Crippen molar-refractivity contribution in [3.8, 4) is 0 Å². The maximum Gasteiger partial charge on any atom is 0.269 e. The quantitative estimate of drug-likeness (QED) is 0.372. The summed E-state index contributed by atoms with van der Waals surface area (Å²) >= 11 is 0. The summed E-state index contributed by atoms with van der Waals surface area (Å²) in [5.74, 6) is -0.684. The van der Waals surface area contributed by atoms with Gasteiger partial charge in [-0.1, -0.05) is 91.0 Å². The predicted molar refractivity (Wildman–Crippen MR) is 134 cm³/mol. The molecule has 0 saturated heterocycles. The van der Waals surface area contributed by atoms with E-state index in [2.05, 4.69) is 41.8 Å². The zero-order chi connectivity index (χ0) is 23.3. The number of amides is 1. The summed E-state index contributed by atoms with van der Waals surface area (Å²) in [6, 6.07) is 35.6. The molecule has 1 amide bonds. The van der Waals surface area contributed by atoms with Crippen molar-refractivity contribution in [3.63, 3.8) is 0 Å². The van der Waals surface area contributed by atoms with Crippen LogP contribution in [-0.2, 0) is 0 Å². The van der Waals surface area contributed by atoms with Gasteiger partial charge in [-0.3, -0.25) is 15.2 Å². The first-order chi connectivity index (χ1) is 16.7. The number of carbonyl (C=O) groups excluding carboxylic acids is 1. The molecule has 0 bridgehead atoms. The summed E-state index contributed by atoms with van der Waals surface area (Å²) in [5.41, 5.74) is 8.52. The summed E-state index contributed by atoms with van der Waals surface area (Å²) in [7, 11) is 0. The monoisotopic (exact) mass is 446 g/mol. The minimum Gasteiger partial charge on any atom is -0.273 e. The van der Waals surface area contributed by atoms with E-state index < -0.39 is 0 Å². The smallest absolute Gasteiger partial charge is 0.269 e. The molecular weight excluding hydrogens is 423 g/mol. The van der Waals surface area contributed by atoms with E-state index >= 15 is 0 Å². The summed E-state index contributed by atoms with van der Waals surface area (Å²) in [6.07, 6.45) is 4.25. The molecule has 0 aromatic heterocycles. The second-order valence-corrected chi connectivity index (χ2v) is 8.06. The maximum absolute atomic E-state index is 13.4. The Morgan fingerprint density at radius 2 is 1.26 bits per heavy atom. The van der Waals surface area contributed by atoms with Crippen LogP contribution in [-0.4, -0.2) is 10.9 Å². The van der Waals surface area contributed by atoms with E-state index in [1.165, 1.54) is 24.3 Å². The van der Waals surface area contributed by atoms with E-state index in [1.54, 1.807) is 0 Å². The molecule has 4 aromatic rings. The fourth-order valence-electron chi connectivity index (χ4n) is 4.10. The first-order valence-electron chi connectivity index (χ1n) is 11.1. The molecule has 4 heteroatoms. The third-order valence-electron chi connectivity index (χ3n) is 5.81. The highest BCUT2D eigenvalue weighted by Crippen LogP contribution is 2.38. The molecule has 3 nitrogen and oxygen atoms in total. The normalized spacial score (nSPS) is 15.3. The number of nitrogens with zero attached hydrogens (tertiary/aromatic N) is 1. The number of halogens is 1. The molecule has 0 fully saturated rings. The van der Waals surface area contributed by atoms with Gasteiger partial charge in [0.25, 0.3) is 5.91 Å². The van der Waals surface area contributed by atoms with E-state index in [1.807, 2.05) is 71.7 Å². The number of hydrogen-bond acceptors (Lipinski definition) is 2. The number of benzene rings is 4. The summed E-state index contributed by atoms with van der Waals surface area (Å²) in [5, 5.41) is 1.89. The van der Waals surface area contributed by atoms with Gasteiger partial charge in [-0.25, -0.2) is 4.39 Å². The van der Waals surface area contributed by atoms with Crippen LogP contribution >= 0.6 is 0 Å². The van der Waals surface area contributed by atoms with Crippen molar-refractivity contribution < 1.29 is 9.18 Å². The highest BCUT2D eigenvalue weighted by Gasteiger charge is 2.28. The van der Waals surface area contributed by atoms with Crippen molar-refractivity contribution in [2.45, 2.75) is 6.04 Å². The van der Waals surface area contributed by atoms with E-state index in [0.717, 1.165) is 28.0 Å². The number of hydrazine groups is 1. The maximum atomic E-state index is 13.4. The lowest BCUT2D eigenvalue weighted by atomic mass is 9.92. The molecule has 34 heavy (non-hydrogen) atoms. The highest BCUT2D eigenvalue weighted by atomic mass is 19.1. The lowest BCUT2D eigenvalue weighted by molar-refractivity contribution is 0.0837. The summed E-state index contributed by atoms with van der Waals surface area (Å²) in [6.45, 7) is 0. The Kier molecular flexibility index (Phi) is 6.04. The van der Waals surface area contributed by atoms with Crippen molar-refractivity contribution in [2.75, 3.05) is 0 Å². The summed E-state index contributed by atoms with van der Waals surface area (Å²) < 4.78 is 13.4. The largest absolute Gasteiger partial charge is 0.273 e. The van der Waals surface area contributed by atoms with Gasteiger partial charge in [0.2, 0.25) is 0 Å². The van der Waals surface area contributed by atoms with Crippen molar-refractivity contribution >= 4 is 17.2 Å². The lowest BCUT2D eigenvalue weighted by Crippen LogP contribution is -2.44.